The van der Waals surface area contributed by atoms with Crippen LogP contribution >= 0.6 is 11.3 Å². The van der Waals surface area contributed by atoms with Crippen molar-refractivity contribution in [3.05, 3.63) is 217 Å². The van der Waals surface area contributed by atoms with Gasteiger partial charge in [-0.15, -0.1) is 11.3 Å². The maximum absolute atomic E-state index is 3.54. The minimum absolute atomic E-state index is 0.799. The van der Waals surface area contributed by atoms with E-state index in [2.05, 4.69) is 215 Å². The Bertz CT molecular complexity index is 3400. The first-order valence-electron chi connectivity index (χ1n) is 20.4. The molecule has 282 valence electrons. The molecule has 0 spiro atoms. The average molecular weight is 776 g/mol. The van der Waals surface area contributed by atoms with Gasteiger partial charge in [0.25, 0.3) is 0 Å². The number of allylic oxidation sites excluding steroid dienone is 9. The van der Waals surface area contributed by atoms with Crippen molar-refractivity contribution in [3.63, 3.8) is 0 Å². The molecule has 4 heteroatoms. The molecule has 0 radical (unpaired) electrons. The molecule has 0 bridgehead atoms. The van der Waals surface area contributed by atoms with Crippen molar-refractivity contribution in [2.75, 3.05) is 7.05 Å². The quantitative estimate of drug-likeness (QED) is 0.153. The predicted octanol–water partition coefficient (Wildman–Crippen LogP) is 14.5. The Morgan fingerprint density at radius 1 is 0.627 bits per heavy atom. The summed E-state index contributed by atoms with van der Waals surface area (Å²) in [5, 5.41) is 11.2. The third kappa shape index (κ3) is 6.03. The molecule has 3 aromatic heterocycles. The monoisotopic (exact) mass is 775 g/mol. The van der Waals surface area contributed by atoms with E-state index in [9.17, 15) is 0 Å². The van der Waals surface area contributed by atoms with Gasteiger partial charge in [-0.05, 0) is 77.2 Å². The van der Waals surface area contributed by atoms with Crippen LogP contribution in [0.25, 0.3) is 86.4 Å². The lowest BCUT2D eigenvalue weighted by atomic mass is 10.0. The van der Waals surface area contributed by atoms with E-state index in [1.807, 2.05) is 18.4 Å². The van der Waals surface area contributed by atoms with Crippen molar-refractivity contribution in [2.24, 2.45) is 0 Å². The van der Waals surface area contributed by atoms with Crippen LogP contribution in [0.5, 0.6) is 0 Å². The van der Waals surface area contributed by atoms with Crippen LogP contribution in [-0.4, -0.2) is 16.2 Å². The highest BCUT2D eigenvalue weighted by Crippen LogP contribution is 2.43. The van der Waals surface area contributed by atoms with Crippen molar-refractivity contribution >= 4 is 97.8 Å². The molecule has 11 rings (SSSR count). The Kier molecular flexibility index (Phi) is 8.71. The first-order valence-corrected chi connectivity index (χ1v) is 21.2. The number of fused-ring (bicyclic) bond motifs is 10. The van der Waals surface area contributed by atoms with Gasteiger partial charge in [-0.2, -0.15) is 0 Å². The molecule has 1 aliphatic rings. The number of hydrogen-bond acceptors (Lipinski definition) is 2. The topological polar surface area (TPSA) is 21.9 Å². The molecule has 0 fully saturated rings. The van der Waals surface area contributed by atoms with Gasteiger partial charge in [0.2, 0.25) is 0 Å². The van der Waals surface area contributed by atoms with E-state index in [-0.39, 0.29) is 0 Å². The van der Waals surface area contributed by atoms with E-state index in [0.29, 0.717) is 0 Å². The Morgan fingerprint density at radius 3 is 2.17 bits per heavy atom. The lowest BCUT2D eigenvalue weighted by molar-refractivity contribution is 1.12. The molecule has 3 nitrogen and oxygen atoms in total. The zero-order chi connectivity index (χ0) is 39.3. The van der Waals surface area contributed by atoms with Crippen molar-refractivity contribution in [2.45, 2.75) is 12.8 Å². The van der Waals surface area contributed by atoms with Crippen LogP contribution in [0.2, 0.25) is 0 Å². The molecule has 1 N–H and O–H groups in total. The Labute approximate surface area is 347 Å². The van der Waals surface area contributed by atoms with E-state index in [1.165, 1.54) is 86.2 Å². The fraction of sp³-hybridized carbons (Fsp3) is 0.0545. The Hall–Kier alpha value is -7.14. The summed E-state index contributed by atoms with van der Waals surface area (Å²) in [4.78, 5) is 0. The van der Waals surface area contributed by atoms with Gasteiger partial charge in [0.05, 0.1) is 22.1 Å². The van der Waals surface area contributed by atoms with Gasteiger partial charge >= 0.3 is 0 Å². The summed E-state index contributed by atoms with van der Waals surface area (Å²) in [6, 6.07) is 59.6. The zero-order valence-electron chi connectivity index (χ0n) is 32.8. The number of thiophene rings is 1. The minimum atomic E-state index is 0.799. The lowest BCUT2D eigenvalue weighted by Crippen LogP contribution is -2.06. The third-order valence-electron chi connectivity index (χ3n) is 11.8. The maximum atomic E-state index is 3.54. The Morgan fingerprint density at radius 2 is 1.34 bits per heavy atom. The van der Waals surface area contributed by atoms with Crippen LogP contribution in [0.4, 0.5) is 0 Å². The normalized spacial score (nSPS) is 13.8. The van der Waals surface area contributed by atoms with Gasteiger partial charge < -0.3 is 14.5 Å². The SMILES string of the molecule is CN/C(=C\C(=C/Cc1ccccc1)n1c2ccccc2c2ccc3c(c4ccccc4n3C3=CC=C(c4ccc5sc6ccccc6c5c4)C=CC3)c21)c1ccccc1. The van der Waals surface area contributed by atoms with Crippen LogP contribution in [0.15, 0.2) is 200 Å². The number of rotatable bonds is 8. The van der Waals surface area contributed by atoms with Gasteiger partial charge in [0, 0.05) is 72.3 Å². The van der Waals surface area contributed by atoms with Gasteiger partial charge in [-0.3, -0.25) is 0 Å². The van der Waals surface area contributed by atoms with E-state index in [4.69, 9.17) is 0 Å². The number of hydrogen-bond donors (Lipinski definition) is 1. The minimum Gasteiger partial charge on any atom is -0.388 e. The van der Waals surface area contributed by atoms with Crippen LogP contribution in [0, 0.1) is 0 Å². The highest BCUT2D eigenvalue weighted by atomic mass is 32.1. The van der Waals surface area contributed by atoms with E-state index >= 15 is 0 Å². The maximum Gasteiger partial charge on any atom is 0.0641 e. The largest absolute Gasteiger partial charge is 0.388 e. The van der Waals surface area contributed by atoms with E-state index in [0.717, 1.165) is 29.8 Å². The smallest absolute Gasteiger partial charge is 0.0641 e. The molecule has 59 heavy (non-hydrogen) atoms. The molecule has 0 saturated heterocycles. The zero-order valence-corrected chi connectivity index (χ0v) is 33.6. The van der Waals surface area contributed by atoms with E-state index < -0.39 is 0 Å². The average Bonchev–Trinajstić information content (AvgIpc) is 3.87. The molecule has 0 aliphatic heterocycles. The molecule has 0 amide bonds. The molecule has 10 aromatic rings. The fourth-order valence-corrected chi connectivity index (χ4v) is 10.2. The number of aromatic nitrogens is 2. The molecule has 0 unspecified atom stereocenters. The van der Waals surface area contributed by atoms with Crippen molar-refractivity contribution in [1.82, 2.24) is 14.5 Å². The molecule has 7 aromatic carbocycles. The summed E-state index contributed by atoms with van der Waals surface area (Å²) in [6.45, 7) is 0. The highest BCUT2D eigenvalue weighted by Gasteiger charge is 2.22. The molecule has 3 heterocycles. The lowest BCUT2D eigenvalue weighted by Gasteiger charge is -2.15. The van der Waals surface area contributed by atoms with Gasteiger partial charge in [0.1, 0.15) is 0 Å². The first kappa shape index (κ1) is 35.1. The summed E-state index contributed by atoms with van der Waals surface area (Å²) in [7, 11) is 2.02. The second-order valence-corrected chi connectivity index (χ2v) is 16.3. The van der Waals surface area contributed by atoms with Gasteiger partial charge in [0.15, 0.2) is 0 Å². The molecular weight excluding hydrogens is 735 g/mol. The van der Waals surface area contributed by atoms with Gasteiger partial charge in [-0.1, -0.05) is 152 Å². The van der Waals surface area contributed by atoms with E-state index in [1.54, 1.807) is 0 Å². The summed E-state index contributed by atoms with van der Waals surface area (Å²) in [5.74, 6) is 0. The summed E-state index contributed by atoms with van der Waals surface area (Å²) in [5.41, 5.74) is 13.1. The van der Waals surface area contributed by atoms with Crippen LogP contribution in [-0.2, 0) is 6.42 Å². The van der Waals surface area contributed by atoms with Crippen molar-refractivity contribution < 1.29 is 0 Å². The second-order valence-electron chi connectivity index (χ2n) is 15.2. The number of benzene rings is 7. The molecule has 0 saturated carbocycles. The molecule has 0 atom stereocenters. The number of nitrogens with zero attached hydrogens (tertiary/aromatic N) is 2. The van der Waals surface area contributed by atoms with Crippen LogP contribution in [0.1, 0.15) is 23.1 Å². The second kappa shape index (κ2) is 14.7. The van der Waals surface area contributed by atoms with Gasteiger partial charge in [-0.25, -0.2) is 0 Å². The summed E-state index contributed by atoms with van der Waals surface area (Å²) in [6.07, 6.45) is 15.6. The third-order valence-corrected chi connectivity index (χ3v) is 13.0. The standard InChI is InChI=1S/C55H41N3S/c1-56-48(39-17-6-3-7-18-39)36-42(30-27-37-15-4-2-5-16-37)58-49-24-11-8-21-43(49)45-32-33-51-54(55(45)58)46-23-9-12-25-50(46)57(51)41-20-14-19-38(28-31-41)40-29-34-53-47(35-40)44-22-10-13-26-52(44)59-53/h2-19,21-26,28-36,56H,20,27H2,1H3/b42-30+,48-36-. The van der Waals surface area contributed by atoms with Crippen LogP contribution in [0.3, 0.4) is 0 Å². The molecule has 1 aliphatic carbocycles. The highest BCUT2D eigenvalue weighted by molar-refractivity contribution is 7.25. The van der Waals surface area contributed by atoms with Crippen molar-refractivity contribution in [3.8, 4) is 0 Å². The predicted molar refractivity (Wildman–Crippen MR) is 256 cm³/mol. The number of nitrogens with one attached hydrogen (secondary N) is 1. The summed E-state index contributed by atoms with van der Waals surface area (Å²) < 4.78 is 7.67. The summed E-state index contributed by atoms with van der Waals surface area (Å²) >= 11 is 1.87. The Balaban J connectivity index is 1.14. The molecular formula is C55H41N3S. The fourth-order valence-electron chi connectivity index (χ4n) is 9.08. The number of para-hydroxylation sites is 2. The first-order chi connectivity index (χ1) is 29.2. The van der Waals surface area contributed by atoms with Crippen molar-refractivity contribution in [1.29, 1.82) is 0 Å². The van der Waals surface area contributed by atoms with Crippen LogP contribution < -0.4 is 5.32 Å².